The molecule has 2 rings (SSSR count). The van der Waals surface area contributed by atoms with Crippen LogP contribution in [0.3, 0.4) is 0 Å². The van der Waals surface area contributed by atoms with Crippen molar-refractivity contribution < 1.29 is 4.74 Å². The van der Waals surface area contributed by atoms with E-state index in [9.17, 15) is 0 Å². The number of nitrogens with two attached hydrogens (primary N) is 1. The van der Waals surface area contributed by atoms with Crippen molar-refractivity contribution in [3.8, 4) is 0 Å². The fraction of sp³-hybridized carbons (Fsp3) is 0.867. The van der Waals surface area contributed by atoms with Crippen LogP contribution in [0.1, 0.15) is 58.3 Å². The normalized spacial score (nSPS) is 36.4. The standard InChI is InChI=1S/C15H27NO/c1-12-8-10-15(17-2,11-9-12)14(16)13-6-4-3-5-7-13/h6,12,14H,3-5,7-11,16H2,1-2H3. The summed E-state index contributed by atoms with van der Waals surface area (Å²) in [5.41, 5.74) is 7.90. The summed E-state index contributed by atoms with van der Waals surface area (Å²) in [6, 6.07) is 0.125. The molecule has 2 heteroatoms. The summed E-state index contributed by atoms with van der Waals surface area (Å²) < 4.78 is 5.88. The van der Waals surface area contributed by atoms with Crippen molar-refractivity contribution in [2.24, 2.45) is 11.7 Å². The van der Waals surface area contributed by atoms with Crippen LogP contribution in [0.5, 0.6) is 0 Å². The second kappa shape index (κ2) is 5.53. The summed E-state index contributed by atoms with van der Waals surface area (Å²) in [4.78, 5) is 0. The van der Waals surface area contributed by atoms with Gasteiger partial charge < -0.3 is 10.5 Å². The van der Waals surface area contributed by atoms with Crippen LogP contribution in [0.25, 0.3) is 0 Å². The molecule has 1 saturated carbocycles. The molecule has 0 amide bonds. The van der Waals surface area contributed by atoms with E-state index in [1.807, 2.05) is 7.11 Å². The molecule has 1 fully saturated rings. The van der Waals surface area contributed by atoms with E-state index in [1.165, 1.54) is 44.1 Å². The molecule has 2 aliphatic carbocycles. The molecule has 0 aliphatic heterocycles. The third-order valence-electron chi connectivity index (χ3n) is 4.82. The molecule has 1 unspecified atom stereocenters. The van der Waals surface area contributed by atoms with Crippen LogP contribution in [-0.2, 0) is 4.74 Å². The summed E-state index contributed by atoms with van der Waals surface area (Å²) in [6.07, 6.45) is 12.2. The molecule has 0 aromatic carbocycles. The third kappa shape index (κ3) is 2.74. The highest BCUT2D eigenvalue weighted by Gasteiger charge is 2.41. The van der Waals surface area contributed by atoms with Crippen LogP contribution in [0.2, 0.25) is 0 Å². The average molecular weight is 237 g/mol. The van der Waals surface area contributed by atoms with E-state index < -0.39 is 0 Å². The number of rotatable bonds is 3. The van der Waals surface area contributed by atoms with Gasteiger partial charge in [-0.1, -0.05) is 18.6 Å². The molecule has 0 aromatic heterocycles. The average Bonchev–Trinajstić information content (AvgIpc) is 2.40. The minimum atomic E-state index is -0.0737. The Balaban J connectivity index is 2.08. The van der Waals surface area contributed by atoms with Gasteiger partial charge in [-0.25, -0.2) is 0 Å². The van der Waals surface area contributed by atoms with Gasteiger partial charge in [0.1, 0.15) is 0 Å². The van der Waals surface area contributed by atoms with E-state index in [4.69, 9.17) is 10.5 Å². The molecular formula is C15H27NO. The van der Waals surface area contributed by atoms with Gasteiger partial charge in [-0.2, -0.15) is 0 Å². The minimum absolute atomic E-state index is 0.0737. The zero-order valence-electron chi connectivity index (χ0n) is 11.4. The van der Waals surface area contributed by atoms with E-state index in [-0.39, 0.29) is 11.6 Å². The van der Waals surface area contributed by atoms with Gasteiger partial charge in [0.15, 0.2) is 0 Å². The van der Waals surface area contributed by atoms with Crippen molar-refractivity contribution in [3.63, 3.8) is 0 Å². The maximum Gasteiger partial charge on any atom is 0.0867 e. The monoisotopic (exact) mass is 237 g/mol. The Morgan fingerprint density at radius 2 is 2.06 bits per heavy atom. The second-order valence-corrected chi connectivity index (χ2v) is 5.95. The predicted molar refractivity (Wildman–Crippen MR) is 71.9 cm³/mol. The fourth-order valence-corrected chi connectivity index (χ4v) is 3.38. The topological polar surface area (TPSA) is 35.2 Å². The van der Waals surface area contributed by atoms with Crippen molar-refractivity contribution in [2.75, 3.05) is 7.11 Å². The molecule has 1 atom stereocenters. The van der Waals surface area contributed by atoms with Crippen LogP contribution in [0.15, 0.2) is 11.6 Å². The van der Waals surface area contributed by atoms with Crippen LogP contribution in [0.4, 0.5) is 0 Å². The SMILES string of the molecule is COC1(C(N)C2=CCCCC2)CCC(C)CC1. The molecule has 98 valence electrons. The number of hydrogen-bond acceptors (Lipinski definition) is 2. The summed E-state index contributed by atoms with van der Waals surface area (Å²) in [5, 5.41) is 0. The molecule has 0 radical (unpaired) electrons. The van der Waals surface area contributed by atoms with Gasteiger partial charge in [-0.05, 0) is 57.3 Å². The zero-order valence-corrected chi connectivity index (χ0v) is 11.4. The van der Waals surface area contributed by atoms with Crippen molar-refractivity contribution in [2.45, 2.75) is 69.9 Å². The Bertz CT molecular complexity index is 277. The minimum Gasteiger partial charge on any atom is -0.376 e. The quantitative estimate of drug-likeness (QED) is 0.763. The Hall–Kier alpha value is -0.340. The highest BCUT2D eigenvalue weighted by atomic mass is 16.5. The fourth-order valence-electron chi connectivity index (χ4n) is 3.38. The van der Waals surface area contributed by atoms with E-state index >= 15 is 0 Å². The molecule has 2 aliphatic rings. The van der Waals surface area contributed by atoms with Crippen LogP contribution in [-0.4, -0.2) is 18.8 Å². The summed E-state index contributed by atoms with van der Waals surface area (Å²) in [5.74, 6) is 0.839. The smallest absolute Gasteiger partial charge is 0.0867 e. The molecular weight excluding hydrogens is 210 g/mol. The first-order valence-electron chi connectivity index (χ1n) is 7.17. The molecule has 0 heterocycles. The number of ether oxygens (including phenoxy) is 1. The van der Waals surface area contributed by atoms with Gasteiger partial charge >= 0.3 is 0 Å². The Kier molecular flexibility index (Phi) is 4.26. The van der Waals surface area contributed by atoms with Crippen LogP contribution in [0, 0.1) is 5.92 Å². The molecule has 17 heavy (non-hydrogen) atoms. The lowest BCUT2D eigenvalue weighted by Gasteiger charge is -2.44. The van der Waals surface area contributed by atoms with Gasteiger partial charge in [-0.3, -0.25) is 0 Å². The Morgan fingerprint density at radius 3 is 2.59 bits per heavy atom. The second-order valence-electron chi connectivity index (χ2n) is 5.95. The Morgan fingerprint density at radius 1 is 1.35 bits per heavy atom. The Labute approximate surface area is 106 Å². The first kappa shape index (κ1) is 13.1. The third-order valence-corrected chi connectivity index (χ3v) is 4.82. The molecule has 0 saturated heterocycles. The van der Waals surface area contributed by atoms with Gasteiger partial charge in [0.2, 0.25) is 0 Å². The summed E-state index contributed by atoms with van der Waals surface area (Å²) in [7, 11) is 1.85. The van der Waals surface area contributed by atoms with Crippen LogP contribution < -0.4 is 5.73 Å². The van der Waals surface area contributed by atoms with Crippen molar-refractivity contribution in [3.05, 3.63) is 11.6 Å². The van der Waals surface area contributed by atoms with E-state index in [0.717, 1.165) is 18.8 Å². The lowest BCUT2D eigenvalue weighted by Crippen LogP contribution is -2.52. The highest BCUT2D eigenvalue weighted by Crippen LogP contribution is 2.39. The van der Waals surface area contributed by atoms with Crippen molar-refractivity contribution >= 4 is 0 Å². The lowest BCUT2D eigenvalue weighted by molar-refractivity contribution is -0.0591. The van der Waals surface area contributed by atoms with Crippen LogP contribution >= 0.6 is 0 Å². The van der Waals surface area contributed by atoms with Gasteiger partial charge in [0.25, 0.3) is 0 Å². The number of methoxy groups -OCH3 is 1. The molecule has 0 aromatic rings. The maximum atomic E-state index is 6.52. The maximum absolute atomic E-state index is 6.52. The first-order valence-corrected chi connectivity index (χ1v) is 7.17. The molecule has 0 bridgehead atoms. The largest absolute Gasteiger partial charge is 0.376 e. The lowest BCUT2D eigenvalue weighted by atomic mass is 9.72. The molecule has 2 nitrogen and oxygen atoms in total. The van der Waals surface area contributed by atoms with E-state index in [1.54, 1.807) is 0 Å². The zero-order chi connectivity index (χ0) is 12.3. The van der Waals surface area contributed by atoms with Gasteiger partial charge in [0.05, 0.1) is 11.6 Å². The summed E-state index contributed by atoms with van der Waals surface area (Å²) in [6.45, 7) is 2.34. The van der Waals surface area contributed by atoms with Gasteiger partial charge in [-0.15, -0.1) is 0 Å². The van der Waals surface area contributed by atoms with Gasteiger partial charge in [0, 0.05) is 7.11 Å². The predicted octanol–water partition coefficient (Wildman–Crippen LogP) is 3.41. The van der Waals surface area contributed by atoms with E-state index in [0.29, 0.717) is 0 Å². The molecule has 0 spiro atoms. The van der Waals surface area contributed by atoms with E-state index in [2.05, 4.69) is 13.0 Å². The van der Waals surface area contributed by atoms with Crippen molar-refractivity contribution in [1.29, 1.82) is 0 Å². The number of allylic oxidation sites excluding steroid dienone is 1. The molecule has 2 N–H and O–H groups in total. The van der Waals surface area contributed by atoms with Crippen molar-refractivity contribution in [1.82, 2.24) is 0 Å². The highest BCUT2D eigenvalue weighted by molar-refractivity contribution is 5.19. The first-order chi connectivity index (χ1) is 8.18. The summed E-state index contributed by atoms with van der Waals surface area (Å²) >= 11 is 0. The number of hydrogen-bond donors (Lipinski definition) is 1.